The molecule has 108 valence electrons. The minimum Gasteiger partial charge on any atom is -0.465 e. The van der Waals surface area contributed by atoms with E-state index >= 15 is 0 Å². The third-order valence-electron chi connectivity index (χ3n) is 3.13. The molecule has 0 radical (unpaired) electrons. The number of hydrogen-bond donors (Lipinski definition) is 1. The lowest BCUT2D eigenvalue weighted by Gasteiger charge is -2.10. The van der Waals surface area contributed by atoms with Gasteiger partial charge in [0.05, 0.1) is 6.61 Å². The molecule has 2 rings (SSSR count). The van der Waals surface area contributed by atoms with Crippen molar-refractivity contribution >= 4 is 11.9 Å². The number of hydrogen-bond acceptors (Lipinski definition) is 3. The highest BCUT2D eigenvalue weighted by Crippen LogP contribution is 2.28. The number of carbonyl (C=O) groups is 1. The smallest absolute Gasteiger partial charge is 0.291 e. The first-order valence-electron chi connectivity index (χ1n) is 7.24. The van der Waals surface area contributed by atoms with E-state index in [1.807, 2.05) is 32.0 Å². The van der Waals surface area contributed by atoms with Crippen LogP contribution < -0.4 is 5.32 Å². The summed E-state index contributed by atoms with van der Waals surface area (Å²) in [5.41, 5.74) is 1.69. The second kappa shape index (κ2) is 7.08. The van der Waals surface area contributed by atoms with Crippen molar-refractivity contribution in [3.63, 3.8) is 0 Å². The number of benzene rings is 1. The molecule has 0 bridgehead atoms. The first kappa shape index (κ1) is 14.6. The normalized spacial score (nSPS) is 15.0. The monoisotopic (exact) mass is 274 g/mol. The van der Waals surface area contributed by atoms with Gasteiger partial charge in [0.25, 0.3) is 11.9 Å². The van der Waals surface area contributed by atoms with Crippen molar-refractivity contribution in [3.8, 4) is 0 Å². The second-order valence-corrected chi connectivity index (χ2v) is 5.26. The fraction of sp³-hybridized carbons (Fsp3) is 0.500. The van der Waals surface area contributed by atoms with Gasteiger partial charge in [-0.1, -0.05) is 24.6 Å². The van der Waals surface area contributed by atoms with Gasteiger partial charge in [0, 0.05) is 12.1 Å². The summed E-state index contributed by atoms with van der Waals surface area (Å²) in [5.74, 6) is 0.505. The van der Waals surface area contributed by atoms with Crippen LogP contribution in [0.4, 0.5) is 0 Å². The highest BCUT2D eigenvalue weighted by atomic mass is 16.5. The molecular formula is C16H22N2O2. The first-order valence-corrected chi connectivity index (χ1v) is 7.24. The maximum Gasteiger partial charge on any atom is 0.291 e. The zero-order valence-electron chi connectivity index (χ0n) is 12.2. The van der Waals surface area contributed by atoms with Crippen LogP contribution in [0.15, 0.2) is 29.3 Å². The highest BCUT2D eigenvalue weighted by Gasteiger charge is 2.21. The van der Waals surface area contributed by atoms with E-state index in [0.717, 1.165) is 18.5 Å². The fourth-order valence-electron chi connectivity index (χ4n) is 1.79. The van der Waals surface area contributed by atoms with E-state index in [-0.39, 0.29) is 5.91 Å². The molecule has 1 amide bonds. The molecule has 0 heterocycles. The molecule has 4 heteroatoms. The molecule has 1 aliphatic rings. The SMILES string of the molecule is CCCOC(=NCC1CC1)NC(=O)c1cccc(C)c1. The van der Waals surface area contributed by atoms with Gasteiger partial charge in [-0.3, -0.25) is 10.1 Å². The summed E-state index contributed by atoms with van der Waals surface area (Å²) in [6.45, 7) is 5.30. The van der Waals surface area contributed by atoms with Crippen LogP contribution in [-0.4, -0.2) is 25.1 Å². The second-order valence-electron chi connectivity index (χ2n) is 5.26. The predicted octanol–water partition coefficient (Wildman–Crippen LogP) is 2.92. The third-order valence-corrected chi connectivity index (χ3v) is 3.13. The van der Waals surface area contributed by atoms with Gasteiger partial charge < -0.3 is 4.74 Å². The molecule has 0 unspecified atom stereocenters. The Morgan fingerprint density at radius 3 is 2.90 bits per heavy atom. The standard InChI is InChI=1S/C16H22N2O2/c1-3-9-20-16(17-11-13-7-8-13)18-15(19)14-6-4-5-12(2)10-14/h4-6,10,13H,3,7-9,11H2,1-2H3,(H,17,18,19). The molecule has 0 saturated heterocycles. The molecule has 1 N–H and O–H groups in total. The van der Waals surface area contributed by atoms with Crippen LogP contribution in [0.2, 0.25) is 0 Å². The van der Waals surface area contributed by atoms with Gasteiger partial charge in [-0.25, -0.2) is 4.99 Å². The summed E-state index contributed by atoms with van der Waals surface area (Å²) in [5, 5.41) is 2.77. The van der Waals surface area contributed by atoms with E-state index in [1.54, 1.807) is 6.07 Å². The van der Waals surface area contributed by atoms with Crippen LogP contribution in [0.5, 0.6) is 0 Å². The molecule has 1 aromatic rings. The average Bonchev–Trinajstić information content (AvgIpc) is 3.26. The number of aliphatic imine (C=N–C) groups is 1. The molecule has 1 aliphatic carbocycles. The lowest BCUT2D eigenvalue weighted by atomic mass is 10.1. The number of ether oxygens (including phenoxy) is 1. The van der Waals surface area contributed by atoms with Gasteiger partial charge in [0.15, 0.2) is 0 Å². The number of amidine groups is 1. The summed E-state index contributed by atoms with van der Waals surface area (Å²) >= 11 is 0. The Morgan fingerprint density at radius 2 is 2.25 bits per heavy atom. The third kappa shape index (κ3) is 4.68. The lowest BCUT2D eigenvalue weighted by Crippen LogP contribution is -2.33. The van der Waals surface area contributed by atoms with E-state index in [9.17, 15) is 4.79 Å². The van der Waals surface area contributed by atoms with Crippen molar-refractivity contribution in [2.24, 2.45) is 10.9 Å². The van der Waals surface area contributed by atoms with E-state index < -0.39 is 0 Å². The molecule has 20 heavy (non-hydrogen) atoms. The number of aryl methyl sites for hydroxylation is 1. The highest BCUT2D eigenvalue weighted by molar-refractivity contribution is 6.04. The number of carbonyl (C=O) groups excluding carboxylic acids is 1. The van der Waals surface area contributed by atoms with Crippen LogP contribution in [0.3, 0.4) is 0 Å². The molecule has 0 atom stereocenters. The Hall–Kier alpha value is -1.84. The molecule has 0 aliphatic heterocycles. The van der Waals surface area contributed by atoms with Crippen molar-refractivity contribution in [3.05, 3.63) is 35.4 Å². The Bertz CT molecular complexity index is 493. The zero-order chi connectivity index (χ0) is 14.4. The van der Waals surface area contributed by atoms with Crippen LogP contribution in [0, 0.1) is 12.8 Å². The maximum absolute atomic E-state index is 12.2. The number of nitrogens with zero attached hydrogens (tertiary/aromatic N) is 1. The van der Waals surface area contributed by atoms with E-state index in [1.165, 1.54) is 12.8 Å². The molecule has 1 aromatic carbocycles. The minimum absolute atomic E-state index is 0.167. The molecule has 1 fully saturated rings. The molecule has 4 nitrogen and oxygen atoms in total. The van der Waals surface area contributed by atoms with Crippen molar-refractivity contribution in [1.29, 1.82) is 0 Å². The zero-order valence-corrected chi connectivity index (χ0v) is 12.2. The maximum atomic E-state index is 12.2. The number of amides is 1. The average molecular weight is 274 g/mol. The Kier molecular flexibility index (Phi) is 5.16. The van der Waals surface area contributed by atoms with Gasteiger partial charge in [-0.2, -0.15) is 0 Å². The number of rotatable bonds is 5. The van der Waals surface area contributed by atoms with Crippen molar-refractivity contribution in [1.82, 2.24) is 5.32 Å². The van der Waals surface area contributed by atoms with Gasteiger partial charge >= 0.3 is 0 Å². The molecular weight excluding hydrogens is 252 g/mol. The van der Waals surface area contributed by atoms with Crippen molar-refractivity contribution < 1.29 is 9.53 Å². The van der Waals surface area contributed by atoms with Gasteiger partial charge in [0.1, 0.15) is 0 Å². The van der Waals surface area contributed by atoms with Crippen LogP contribution in [0.1, 0.15) is 42.1 Å². The van der Waals surface area contributed by atoms with Gasteiger partial charge in [-0.15, -0.1) is 0 Å². The van der Waals surface area contributed by atoms with Crippen LogP contribution in [-0.2, 0) is 4.74 Å². The Morgan fingerprint density at radius 1 is 1.45 bits per heavy atom. The van der Waals surface area contributed by atoms with Crippen molar-refractivity contribution in [2.75, 3.05) is 13.2 Å². The molecule has 0 aromatic heterocycles. The number of nitrogens with one attached hydrogen (secondary N) is 1. The quantitative estimate of drug-likeness (QED) is 0.663. The first-order chi connectivity index (χ1) is 9.69. The summed E-state index contributed by atoms with van der Waals surface area (Å²) in [6.07, 6.45) is 3.36. The van der Waals surface area contributed by atoms with Crippen LogP contribution >= 0.6 is 0 Å². The van der Waals surface area contributed by atoms with Crippen LogP contribution in [0.25, 0.3) is 0 Å². The summed E-state index contributed by atoms with van der Waals surface area (Å²) < 4.78 is 5.51. The lowest BCUT2D eigenvalue weighted by molar-refractivity contribution is 0.0965. The van der Waals surface area contributed by atoms with Gasteiger partial charge in [-0.05, 0) is 44.2 Å². The largest absolute Gasteiger partial charge is 0.465 e. The fourth-order valence-corrected chi connectivity index (χ4v) is 1.79. The summed E-state index contributed by atoms with van der Waals surface area (Å²) in [4.78, 5) is 16.5. The Labute approximate surface area is 120 Å². The van der Waals surface area contributed by atoms with E-state index in [4.69, 9.17) is 4.74 Å². The Balaban J connectivity index is 1.98. The predicted molar refractivity (Wildman–Crippen MR) is 79.9 cm³/mol. The topological polar surface area (TPSA) is 50.7 Å². The summed E-state index contributed by atoms with van der Waals surface area (Å²) in [6, 6.07) is 7.84. The minimum atomic E-state index is -0.167. The van der Waals surface area contributed by atoms with Crippen molar-refractivity contribution in [2.45, 2.75) is 33.1 Å². The molecule has 0 spiro atoms. The van der Waals surface area contributed by atoms with Gasteiger partial charge in [0.2, 0.25) is 0 Å². The van der Waals surface area contributed by atoms with E-state index in [2.05, 4.69) is 10.3 Å². The molecule has 1 saturated carbocycles. The summed E-state index contributed by atoms with van der Waals surface area (Å²) in [7, 11) is 0. The van der Waals surface area contributed by atoms with E-state index in [0.29, 0.717) is 24.1 Å².